The molecule has 3 aromatic rings. The molecule has 0 saturated carbocycles. The second-order valence-corrected chi connectivity index (χ2v) is 12.7. The first kappa shape index (κ1) is 27.2. The number of amides is 1. The lowest BCUT2D eigenvalue weighted by Crippen LogP contribution is -2.26. The van der Waals surface area contributed by atoms with Gasteiger partial charge >= 0.3 is 0 Å². The summed E-state index contributed by atoms with van der Waals surface area (Å²) in [7, 11) is -0.494. The Labute approximate surface area is 220 Å². The van der Waals surface area contributed by atoms with Crippen LogP contribution in [0.3, 0.4) is 0 Å². The van der Waals surface area contributed by atoms with Gasteiger partial charge in [-0.2, -0.15) is 0 Å². The lowest BCUT2D eigenvalue weighted by molar-refractivity contribution is -0.114. The van der Waals surface area contributed by atoms with Crippen molar-refractivity contribution in [3.63, 3.8) is 0 Å². The number of nitrogens with one attached hydrogen (secondary N) is 1. The van der Waals surface area contributed by atoms with Gasteiger partial charge in [-0.25, -0.2) is 13.4 Å². The van der Waals surface area contributed by atoms with Crippen LogP contribution in [0, 0.1) is 5.92 Å². The number of imidazole rings is 1. The molecule has 37 heavy (non-hydrogen) atoms. The SMILES string of the molecule is C[B]CC(=O)Nc1ccc(S(=O)(=O)N(C)c2ccc3c(c2)nc(C(C)(C)C)n3CC2CCOCC2)cc1. The van der Waals surface area contributed by atoms with Crippen molar-refractivity contribution in [1.29, 1.82) is 0 Å². The fraction of sp³-hybridized carbons (Fsp3) is 0.481. The van der Waals surface area contributed by atoms with Gasteiger partial charge in [0.1, 0.15) is 13.1 Å². The molecule has 1 saturated heterocycles. The third-order valence-corrected chi connectivity index (χ3v) is 8.53. The zero-order valence-corrected chi connectivity index (χ0v) is 23.1. The van der Waals surface area contributed by atoms with Gasteiger partial charge in [-0.05, 0) is 67.5 Å². The smallest absolute Gasteiger partial charge is 0.264 e. The van der Waals surface area contributed by atoms with Crippen LogP contribution in [0.4, 0.5) is 11.4 Å². The van der Waals surface area contributed by atoms with E-state index in [1.54, 1.807) is 26.5 Å². The molecule has 1 fully saturated rings. The van der Waals surface area contributed by atoms with Gasteiger partial charge in [0.15, 0.2) is 0 Å². The van der Waals surface area contributed by atoms with Crippen molar-refractivity contribution in [2.24, 2.45) is 5.92 Å². The minimum Gasteiger partial charge on any atom is -0.381 e. The number of hydrogen-bond acceptors (Lipinski definition) is 5. The van der Waals surface area contributed by atoms with Crippen LogP contribution >= 0.6 is 0 Å². The van der Waals surface area contributed by atoms with E-state index in [1.165, 1.54) is 16.4 Å². The van der Waals surface area contributed by atoms with Crippen LogP contribution in [0.15, 0.2) is 47.4 Å². The molecule has 0 unspecified atom stereocenters. The van der Waals surface area contributed by atoms with E-state index in [4.69, 9.17) is 9.72 Å². The Bertz CT molecular complexity index is 1360. The quantitative estimate of drug-likeness (QED) is 0.433. The zero-order chi connectivity index (χ0) is 26.8. The standard InChI is InChI=1S/C27H36BN4O4S/c1-27(2,3)26-30-23-16-21(8-11-24(23)32(26)18-19-12-14-36-15-13-19)31(5)37(34,35)22-9-6-20(7-10-22)29-25(33)17-28-4/h6-11,16,19H,12-15,17-18H2,1-5H3,(H,29,33). The van der Waals surface area contributed by atoms with E-state index >= 15 is 0 Å². The topological polar surface area (TPSA) is 93.5 Å². The zero-order valence-electron chi connectivity index (χ0n) is 22.3. The van der Waals surface area contributed by atoms with Crippen molar-refractivity contribution >= 4 is 45.6 Å². The Morgan fingerprint density at radius 1 is 1.16 bits per heavy atom. The van der Waals surface area contributed by atoms with E-state index in [1.807, 2.05) is 25.0 Å². The Hall–Kier alpha value is -2.85. The molecule has 1 aliphatic rings. The Kier molecular flexibility index (Phi) is 7.99. The Morgan fingerprint density at radius 2 is 1.84 bits per heavy atom. The maximum absolute atomic E-state index is 13.4. The van der Waals surface area contributed by atoms with Crippen molar-refractivity contribution in [2.45, 2.75) is 63.6 Å². The van der Waals surface area contributed by atoms with Crippen LogP contribution in [-0.2, 0) is 31.5 Å². The van der Waals surface area contributed by atoms with Crippen molar-refractivity contribution in [1.82, 2.24) is 9.55 Å². The molecule has 0 bridgehead atoms. The van der Waals surface area contributed by atoms with Crippen LogP contribution in [0.25, 0.3) is 11.0 Å². The molecule has 1 N–H and O–H groups in total. The van der Waals surface area contributed by atoms with E-state index < -0.39 is 10.0 Å². The summed E-state index contributed by atoms with van der Waals surface area (Å²) in [6.07, 6.45) is 2.36. The lowest BCUT2D eigenvalue weighted by atomic mass is 9.78. The molecule has 197 valence electrons. The van der Waals surface area contributed by atoms with Crippen LogP contribution in [0.5, 0.6) is 0 Å². The average Bonchev–Trinajstić information content (AvgIpc) is 3.23. The molecular formula is C27H36BN4O4S. The van der Waals surface area contributed by atoms with E-state index in [2.05, 4.69) is 30.7 Å². The first-order valence-corrected chi connectivity index (χ1v) is 14.2. The minimum absolute atomic E-state index is 0.144. The van der Waals surface area contributed by atoms with E-state index in [9.17, 15) is 13.2 Å². The van der Waals surface area contributed by atoms with Crippen molar-refractivity contribution < 1.29 is 17.9 Å². The second kappa shape index (κ2) is 10.9. The summed E-state index contributed by atoms with van der Waals surface area (Å²) in [5, 5.41) is 2.76. The highest BCUT2D eigenvalue weighted by Gasteiger charge is 2.27. The second-order valence-electron chi connectivity index (χ2n) is 10.7. The summed E-state index contributed by atoms with van der Waals surface area (Å²) < 4.78 is 35.9. The summed E-state index contributed by atoms with van der Waals surface area (Å²) in [6.45, 7) is 10.7. The third kappa shape index (κ3) is 6.01. The highest BCUT2D eigenvalue weighted by Crippen LogP contribution is 2.32. The summed E-state index contributed by atoms with van der Waals surface area (Å²) in [5.74, 6) is 1.38. The maximum Gasteiger partial charge on any atom is 0.264 e. The van der Waals surface area contributed by atoms with Gasteiger partial charge in [0, 0.05) is 37.9 Å². The first-order valence-electron chi connectivity index (χ1n) is 12.8. The summed E-state index contributed by atoms with van der Waals surface area (Å²) in [4.78, 5) is 16.9. The minimum atomic E-state index is -3.80. The van der Waals surface area contributed by atoms with Crippen LogP contribution in [0.2, 0.25) is 13.1 Å². The van der Waals surface area contributed by atoms with Gasteiger partial charge in [-0.3, -0.25) is 9.10 Å². The highest BCUT2D eigenvalue weighted by molar-refractivity contribution is 7.92. The number of ether oxygens (including phenoxy) is 1. The van der Waals surface area contributed by atoms with Gasteiger partial charge in [0.25, 0.3) is 10.0 Å². The number of rotatable bonds is 8. The molecule has 0 aliphatic carbocycles. The highest BCUT2D eigenvalue weighted by atomic mass is 32.2. The first-order chi connectivity index (χ1) is 17.5. The molecule has 0 spiro atoms. The molecule has 8 nitrogen and oxygen atoms in total. The van der Waals surface area contributed by atoms with Crippen molar-refractivity contribution in [3.8, 4) is 0 Å². The van der Waals surface area contributed by atoms with Gasteiger partial charge in [-0.15, -0.1) is 0 Å². The summed E-state index contributed by atoms with van der Waals surface area (Å²) in [6, 6.07) is 11.9. The largest absolute Gasteiger partial charge is 0.381 e. The summed E-state index contributed by atoms with van der Waals surface area (Å²) >= 11 is 0. The molecule has 0 atom stereocenters. The van der Waals surface area contributed by atoms with Crippen LogP contribution < -0.4 is 9.62 Å². The molecule has 1 aromatic heterocycles. The molecular weight excluding hydrogens is 487 g/mol. The molecule has 1 radical (unpaired) electrons. The number of sulfonamides is 1. The predicted octanol–water partition coefficient (Wildman–Crippen LogP) is 4.69. The number of nitrogens with zero attached hydrogens (tertiary/aromatic N) is 3. The van der Waals surface area contributed by atoms with Gasteiger partial charge in [0.2, 0.25) is 5.91 Å². The van der Waals surface area contributed by atoms with Gasteiger partial charge in [-0.1, -0.05) is 27.6 Å². The van der Waals surface area contributed by atoms with Crippen LogP contribution in [0.1, 0.15) is 39.4 Å². The van der Waals surface area contributed by atoms with Crippen molar-refractivity contribution in [3.05, 3.63) is 48.3 Å². The number of aromatic nitrogens is 2. The molecule has 10 heteroatoms. The number of fused-ring (bicyclic) bond motifs is 1. The fourth-order valence-corrected chi connectivity index (χ4v) is 5.85. The molecule has 1 aliphatic heterocycles. The fourth-order valence-electron chi connectivity index (χ4n) is 4.66. The van der Waals surface area contributed by atoms with E-state index in [0.29, 0.717) is 23.6 Å². The Balaban J connectivity index is 1.62. The van der Waals surface area contributed by atoms with E-state index in [0.717, 1.165) is 49.5 Å². The predicted molar refractivity (Wildman–Crippen MR) is 149 cm³/mol. The molecule has 4 rings (SSSR count). The third-order valence-electron chi connectivity index (χ3n) is 6.73. The molecule has 1 amide bonds. The van der Waals surface area contributed by atoms with E-state index in [-0.39, 0.29) is 16.2 Å². The number of anilines is 2. The maximum atomic E-state index is 13.4. The van der Waals surface area contributed by atoms with Gasteiger partial charge in [0.05, 0.1) is 21.6 Å². The molecule has 2 aromatic carbocycles. The monoisotopic (exact) mass is 523 g/mol. The molecule has 2 heterocycles. The number of benzene rings is 2. The number of hydrogen-bond donors (Lipinski definition) is 1. The average molecular weight is 523 g/mol. The Morgan fingerprint density at radius 3 is 2.46 bits per heavy atom. The number of carbonyl (C=O) groups is 1. The van der Waals surface area contributed by atoms with Gasteiger partial charge < -0.3 is 14.6 Å². The normalized spacial score (nSPS) is 15.1. The van der Waals surface area contributed by atoms with Crippen molar-refractivity contribution in [2.75, 3.05) is 29.9 Å². The van der Waals surface area contributed by atoms with Crippen LogP contribution in [-0.4, -0.2) is 51.4 Å². The number of carbonyl (C=O) groups excluding carboxylic acids is 1. The summed E-state index contributed by atoms with van der Waals surface area (Å²) in [5.41, 5.74) is 2.73. The lowest BCUT2D eigenvalue weighted by Gasteiger charge is -2.26.